The van der Waals surface area contributed by atoms with E-state index in [9.17, 15) is 5.11 Å². The first kappa shape index (κ1) is 14.3. The molecule has 20 heavy (non-hydrogen) atoms. The minimum absolute atomic E-state index is 0.0458. The van der Waals surface area contributed by atoms with Crippen LogP contribution in [0.3, 0.4) is 0 Å². The van der Waals surface area contributed by atoms with Gasteiger partial charge in [0, 0.05) is 10.6 Å². The molecule has 1 aromatic rings. The van der Waals surface area contributed by atoms with E-state index in [4.69, 9.17) is 4.74 Å². The number of ether oxygens (including phenoxy) is 1. The van der Waals surface area contributed by atoms with Gasteiger partial charge in [-0.25, -0.2) is 0 Å². The van der Waals surface area contributed by atoms with E-state index in [0.29, 0.717) is 5.92 Å². The van der Waals surface area contributed by atoms with Crippen molar-refractivity contribution < 1.29 is 9.84 Å². The van der Waals surface area contributed by atoms with Crippen molar-refractivity contribution >= 4 is 11.8 Å². The summed E-state index contributed by atoms with van der Waals surface area (Å²) in [5.74, 6) is 3.03. The molecule has 110 valence electrons. The Morgan fingerprint density at radius 1 is 1.35 bits per heavy atom. The zero-order valence-corrected chi connectivity index (χ0v) is 12.9. The van der Waals surface area contributed by atoms with Gasteiger partial charge in [-0.15, -0.1) is 11.8 Å². The average Bonchev–Trinajstić information content (AvgIpc) is 2.53. The molecule has 2 nitrogen and oxygen atoms in total. The van der Waals surface area contributed by atoms with Gasteiger partial charge < -0.3 is 9.84 Å². The van der Waals surface area contributed by atoms with Crippen molar-refractivity contribution in [1.82, 2.24) is 0 Å². The standard InChI is InChI=1S/C17H24O2S/c1-2-12-6-5-7-13(10-12)17(18)15-11-20-16-9-4-3-8-14(16)19-15/h3-4,8-9,12-13,15,17-18H,2,5-7,10-11H2,1H3. The van der Waals surface area contributed by atoms with Crippen LogP contribution in [0.15, 0.2) is 29.2 Å². The van der Waals surface area contributed by atoms with Crippen LogP contribution in [0.25, 0.3) is 0 Å². The SMILES string of the molecule is CCC1CCCC(C(O)C2CSc3ccccc3O2)C1. The molecule has 0 bridgehead atoms. The van der Waals surface area contributed by atoms with Crippen LogP contribution in [0, 0.1) is 11.8 Å². The number of rotatable bonds is 3. The first-order valence-electron chi connectivity index (χ1n) is 7.84. The largest absolute Gasteiger partial charge is 0.486 e. The fourth-order valence-electron chi connectivity index (χ4n) is 3.52. The summed E-state index contributed by atoms with van der Waals surface area (Å²) in [6.45, 7) is 2.27. The molecular weight excluding hydrogens is 268 g/mol. The van der Waals surface area contributed by atoms with Gasteiger partial charge >= 0.3 is 0 Å². The maximum Gasteiger partial charge on any atom is 0.134 e. The van der Waals surface area contributed by atoms with Crippen molar-refractivity contribution in [3.8, 4) is 5.75 Å². The summed E-state index contributed by atoms with van der Waals surface area (Å²) in [6, 6.07) is 8.15. The van der Waals surface area contributed by atoms with Gasteiger partial charge in [-0.3, -0.25) is 0 Å². The Hall–Kier alpha value is -0.670. The summed E-state index contributed by atoms with van der Waals surface area (Å²) >= 11 is 1.81. The molecule has 3 heteroatoms. The monoisotopic (exact) mass is 292 g/mol. The minimum atomic E-state index is -0.315. The first-order valence-corrected chi connectivity index (χ1v) is 8.83. The third-order valence-corrected chi connectivity index (χ3v) is 5.94. The Labute approximate surface area is 125 Å². The molecule has 4 atom stereocenters. The smallest absolute Gasteiger partial charge is 0.134 e. The van der Waals surface area contributed by atoms with Crippen molar-refractivity contribution in [1.29, 1.82) is 0 Å². The third kappa shape index (κ3) is 2.99. The van der Waals surface area contributed by atoms with Gasteiger partial charge in [-0.1, -0.05) is 38.3 Å². The quantitative estimate of drug-likeness (QED) is 0.909. The van der Waals surface area contributed by atoms with Crippen LogP contribution in [0.2, 0.25) is 0 Å². The zero-order valence-electron chi connectivity index (χ0n) is 12.1. The molecule has 1 aliphatic carbocycles. The Morgan fingerprint density at radius 2 is 2.20 bits per heavy atom. The Kier molecular flexibility index (Phi) is 4.57. The number of hydrogen-bond donors (Lipinski definition) is 1. The number of aliphatic hydroxyl groups excluding tert-OH is 1. The summed E-state index contributed by atoms with van der Waals surface area (Å²) in [5.41, 5.74) is 0. The van der Waals surface area contributed by atoms with Gasteiger partial charge in [-0.2, -0.15) is 0 Å². The van der Waals surface area contributed by atoms with Gasteiger partial charge in [0.1, 0.15) is 11.9 Å². The van der Waals surface area contributed by atoms with E-state index in [2.05, 4.69) is 13.0 Å². The second-order valence-electron chi connectivity index (χ2n) is 6.11. The van der Waals surface area contributed by atoms with Crippen LogP contribution in [-0.2, 0) is 0 Å². The van der Waals surface area contributed by atoms with Crippen molar-refractivity contribution in [2.24, 2.45) is 11.8 Å². The molecule has 0 saturated heterocycles. The lowest BCUT2D eigenvalue weighted by atomic mass is 9.76. The maximum absolute atomic E-state index is 10.7. The predicted octanol–water partition coefficient (Wildman–Crippen LogP) is 4.12. The molecule has 0 amide bonds. The van der Waals surface area contributed by atoms with Gasteiger partial charge in [-0.05, 0) is 36.8 Å². The topological polar surface area (TPSA) is 29.5 Å². The lowest BCUT2D eigenvalue weighted by Crippen LogP contribution is -2.42. The molecule has 0 spiro atoms. The fraction of sp³-hybridized carbons (Fsp3) is 0.647. The van der Waals surface area contributed by atoms with E-state index in [1.165, 1.54) is 30.6 Å². The molecule has 1 aliphatic heterocycles. The van der Waals surface area contributed by atoms with E-state index < -0.39 is 0 Å². The van der Waals surface area contributed by atoms with Gasteiger partial charge in [0.05, 0.1) is 6.10 Å². The normalized spacial score (nSPS) is 31.2. The molecule has 0 aromatic heterocycles. The Bertz CT molecular complexity index is 448. The molecule has 3 rings (SSSR count). The highest BCUT2D eigenvalue weighted by molar-refractivity contribution is 7.99. The summed E-state index contributed by atoms with van der Waals surface area (Å²) in [5, 5.41) is 10.7. The number of aliphatic hydroxyl groups is 1. The number of benzene rings is 1. The number of thioether (sulfide) groups is 1. The van der Waals surface area contributed by atoms with Crippen molar-refractivity contribution in [3.05, 3.63) is 24.3 Å². The van der Waals surface area contributed by atoms with Crippen molar-refractivity contribution in [3.63, 3.8) is 0 Å². The van der Waals surface area contributed by atoms with Gasteiger partial charge in [0.2, 0.25) is 0 Å². The first-order chi connectivity index (χ1) is 9.78. The molecule has 2 aliphatic rings. The van der Waals surface area contributed by atoms with E-state index in [0.717, 1.165) is 23.8 Å². The van der Waals surface area contributed by atoms with E-state index in [1.807, 2.05) is 30.0 Å². The van der Waals surface area contributed by atoms with Crippen LogP contribution in [0.1, 0.15) is 39.0 Å². The third-order valence-electron chi connectivity index (χ3n) is 4.80. The maximum atomic E-state index is 10.7. The molecule has 1 aromatic carbocycles. The summed E-state index contributed by atoms with van der Waals surface area (Å²) in [4.78, 5) is 1.20. The predicted molar refractivity (Wildman–Crippen MR) is 83.3 cm³/mol. The number of para-hydroxylation sites is 1. The van der Waals surface area contributed by atoms with Crippen molar-refractivity contribution in [2.75, 3.05) is 5.75 Å². The fourth-order valence-corrected chi connectivity index (χ4v) is 4.56. The van der Waals surface area contributed by atoms with Crippen LogP contribution in [-0.4, -0.2) is 23.1 Å². The van der Waals surface area contributed by atoms with Crippen LogP contribution in [0.4, 0.5) is 0 Å². The molecule has 1 fully saturated rings. The highest BCUT2D eigenvalue weighted by atomic mass is 32.2. The summed E-state index contributed by atoms with van der Waals surface area (Å²) < 4.78 is 6.04. The molecule has 0 radical (unpaired) electrons. The lowest BCUT2D eigenvalue weighted by Gasteiger charge is -2.37. The number of fused-ring (bicyclic) bond motifs is 1. The summed E-state index contributed by atoms with van der Waals surface area (Å²) in [6.07, 6.45) is 5.81. The molecular formula is C17H24O2S. The Morgan fingerprint density at radius 3 is 3.05 bits per heavy atom. The second-order valence-corrected chi connectivity index (χ2v) is 7.17. The van der Waals surface area contributed by atoms with Crippen LogP contribution in [0.5, 0.6) is 5.75 Å². The van der Waals surface area contributed by atoms with Crippen LogP contribution >= 0.6 is 11.8 Å². The second kappa shape index (κ2) is 6.40. The van der Waals surface area contributed by atoms with E-state index in [1.54, 1.807) is 0 Å². The number of hydrogen-bond acceptors (Lipinski definition) is 3. The van der Waals surface area contributed by atoms with E-state index >= 15 is 0 Å². The summed E-state index contributed by atoms with van der Waals surface area (Å²) in [7, 11) is 0. The highest BCUT2D eigenvalue weighted by Gasteiger charge is 2.34. The lowest BCUT2D eigenvalue weighted by molar-refractivity contribution is -0.0131. The van der Waals surface area contributed by atoms with Gasteiger partial charge in [0.25, 0.3) is 0 Å². The van der Waals surface area contributed by atoms with Gasteiger partial charge in [0.15, 0.2) is 0 Å². The molecule has 4 unspecified atom stereocenters. The molecule has 1 N–H and O–H groups in total. The molecule has 1 saturated carbocycles. The minimum Gasteiger partial charge on any atom is -0.486 e. The molecule has 1 heterocycles. The Balaban J connectivity index is 1.65. The van der Waals surface area contributed by atoms with Crippen molar-refractivity contribution in [2.45, 2.75) is 56.1 Å². The average molecular weight is 292 g/mol. The zero-order chi connectivity index (χ0) is 13.9. The van der Waals surface area contributed by atoms with E-state index in [-0.39, 0.29) is 12.2 Å². The highest BCUT2D eigenvalue weighted by Crippen LogP contribution is 2.39. The van der Waals surface area contributed by atoms with Crippen LogP contribution < -0.4 is 4.74 Å².